The second-order valence-corrected chi connectivity index (χ2v) is 6.88. The molecule has 0 saturated carbocycles. The highest BCUT2D eigenvalue weighted by atomic mass is 32.2. The molecule has 4 heteroatoms. The van der Waals surface area contributed by atoms with Crippen LogP contribution in [0.1, 0.15) is 11.3 Å². The van der Waals surface area contributed by atoms with Gasteiger partial charge in [0.15, 0.2) is 0 Å². The first-order chi connectivity index (χ1) is 12.3. The van der Waals surface area contributed by atoms with E-state index in [1.807, 2.05) is 42.5 Å². The zero-order valence-corrected chi connectivity index (χ0v) is 14.3. The van der Waals surface area contributed by atoms with Gasteiger partial charge in [0.05, 0.1) is 11.2 Å². The van der Waals surface area contributed by atoms with Crippen molar-refractivity contribution in [3.8, 4) is 0 Å². The minimum atomic E-state index is 0.779. The molecule has 0 amide bonds. The average Bonchev–Trinajstić information content (AvgIpc) is 3.03. The van der Waals surface area contributed by atoms with Crippen molar-refractivity contribution in [2.24, 2.45) is 0 Å². The number of nitrogens with two attached hydrogens (primary N) is 1. The van der Waals surface area contributed by atoms with Crippen molar-refractivity contribution >= 4 is 40.5 Å². The molecule has 0 saturated heterocycles. The monoisotopic (exact) mass is 343 g/mol. The minimum Gasteiger partial charge on any atom is -0.399 e. The third-order valence-electron chi connectivity index (χ3n) is 3.89. The maximum atomic E-state index is 5.85. The van der Waals surface area contributed by atoms with E-state index in [0.717, 1.165) is 37.6 Å². The number of H-pyrrole nitrogens is 1. The van der Waals surface area contributed by atoms with Crippen molar-refractivity contribution in [1.29, 1.82) is 0 Å². The zero-order chi connectivity index (χ0) is 17.1. The smallest absolute Gasteiger partial charge is 0.0927 e. The molecule has 0 aliphatic rings. The van der Waals surface area contributed by atoms with Gasteiger partial charge in [-0.1, -0.05) is 54.2 Å². The number of nitrogens with one attached hydrogen (secondary N) is 1. The molecule has 0 unspecified atom stereocenters. The molecular formula is C21H17N3S. The number of rotatable bonds is 4. The van der Waals surface area contributed by atoms with E-state index in [2.05, 4.69) is 52.7 Å². The van der Waals surface area contributed by atoms with Crippen molar-refractivity contribution in [1.82, 2.24) is 10.2 Å². The van der Waals surface area contributed by atoms with Crippen molar-refractivity contribution < 1.29 is 0 Å². The van der Waals surface area contributed by atoms with Crippen LogP contribution < -0.4 is 5.73 Å². The van der Waals surface area contributed by atoms with Crippen molar-refractivity contribution in [2.45, 2.75) is 9.79 Å². The maximum absolute atomic E-state index is 5.85. The molecule has 0 bridgehead atoms. The van der Waals surface area contributed by atoms with Crippen LogP contribution in [0.4, 0.5) is 5.69 Å². The van der Waals surface area contributed by atoms with Crippen molar-refractivity contribution in [2.75, 3.05) is 5.73 Å². The highest BCUT2D eigenvalue weighted by Gasteiger charge is 2.05. The summed E-state index contributed by atoms with van der Waals surface area (Å²) in [5, 5.41) is 8.67. The summed E-state index contributed by atoms with van der Waals surface area (Å²) in [7, 11) is 0. The largest absolute Gasteiger partial charge is 0.399 e. The molecule has 122 valence electrons. The summed E-state index contributed by atoms with van der Waals surface area (Å²) < 4.78 is 0. The van der Waals surface area contributed by atoms with Crippen LogP contribution in [0, 0.1) is 0 Å². The van der Waals surface area contributed by atoms with E-state index in [1.54, 1.807) is 11.8 Å². The first-order valence-corrected chi connectivity index (χ1v) is 8.84. The molecule has 0 aliphatic carbocycles. The van der Waals surface area contributed by atoms with Crippen LogP contribution in [0.2, 0.25) is 0 Å². The van der Waals surface area contributed by atoms with E-state index in [1.165, 1.54) is 0 Å². The van der Waals surface area contributed by atoms with E-state index in [-0.39, 0.29) is 0 Å². The molecule has 0 spiro atoms. The third kappa shape index (κ3) is 3.59. The van der Waals surface area contributed by atoms with Crippen LogP contribution in [-0.2, 0) is 0 Å². The first kappa shape index (κ1) is 15.5. The fourth-order valence-electron chi connectivity index (χ4n) is 2.66. The van der Waals surface area contributed by atoms with Gasteiger partial charge in [-0.3, -0.25) is 5.10 Å². The van der Waals surface area contributed by atoms with Gasteiger partial charge in [0.25, 0.3) is 0 Å². The number of hydrogen-bond donors (Lipinski definition) is 2. The summed E-state index contributed by atoms with van der Waals surface area (Å²) in [4.78, 5) is 2.28. The standard InChI is InChI=1S/C21H17N3S/c22-16-7-4-8-17(13-16)25-18-10-11-19-20(23-24-21(19)14-18)12-9-15-5-2-1-3-6-15/h1-14H,22H2,(H,23,24)/b12-9+. The fourth-order valence-corrected chi connectivity index (χ4v) is 3.59. The van der Waals surface area contributed by atoms with Crippen LogP contribution in [0.3, 0.4) is 0 Å². The number of nitrogen functional groups attached to an aromatic ring is 1. The zero-order valence-electron chi connectivity index (χ0n) is 13.5. The molecule has 1 aromatic heterocycles. The van der Waals surface area contributed by atoms with E-state index < -0.39 is 0 Å². The summed E-state index contributed by atoms with van der Waals surface area (Å²) in [6.07, 6.45) is 4.11. The lowest BCUT2D eigenvalue weighted by molar-refractivity contribution is 1.10. The van der Waals surface area contributed by atoms with Gasteiger partial charge in [0, 0.05) is 20.9 Å². The van der Waals surface area contributed by atoms with E-state index in [9.17, 15) is 0 Å². The van der Waals surface area contributed by atoms with Crippen LogP contribution >= 0.6 is 11.8 Å². The summed E-state index contributed by atoms with van der Waals surface area (Å²) in [5.74, 6) is 0. The molecule has 25 heavy (non-hydrogen) atoms. The summed E-state index contributed by atoms with van der Waals surface area (Å²) >= 11 is 1.69. The quantitative estimate of drug-likeness (QED) is 0.483. The van der Waals surface area contributed by atoms with Gasteiger partial charge in [-0.15, -0.1) is 0 Å². The number of aromatic nitrogens is 2. The number of benzene rings is 3. The van der Waals surface area contributed by atoms with Crippen molar-refractivity contribution in [3.05, 3.63) is 84.1 Å². The Morgan fingerprint density at radius 1 is 0.840 bits per heavy atom. The van der Waals surface area contributed by atoms with Gasteiger partial charge in [-0.25, -0.2) is 0 Å². The average molecular weight is 343 g/mol. The summed E-state index contributed by atoms with van der Waals surface area (Å²) in [6.45, 7) is 0. The highest BCUT2D eigenvalue weighted by Crippen LogP contribution is 2.31. The van der Waals surface area contributed by atoms with Gasteiger partial charge in [-0.2, -0.15) is 5.10 Å². The van der Waals surface area contributed by atoms with Gasteiger partial charge >= 0.3 is 0 Å². The topological polar surface area (TPSA) is 54.7 Å². The molecule has 4 rings (SSSR count). The van der Waals surface area contributed by atoms with Crippen molar-refractivity contribution in [3.63, 3.8) is 0 Å². The second kappa shape index (κ2) is 6.87. The van der Waals surface area contributed by atoms with E-state index in [0.29, 0.717) is 0 Å². The molecule has 4 aromatic rings. The van der Waals surface area contributed by atoms with Gasteiger partial charge in [-0.05, 0) is 48.0 Å². The van der Waals surface area contributed by atoms with Gasteiger partial charge in [0.1, 0.15) is 0 Å². The normalized spacial score (nSPS) is 11.4. The van der Waals surface area contributed by atoms with Gasteiger partial charge < -0.3 is 5.73 Å². The third-order valence-corrected chi connectivity index (χ3v) is 4.87. The van der Waals surface area contributed by atoms with Crippen LogP contribution in [-0.4, -0.2) is 10.2 Å². The Kier molecular flexibility index (Phi) is 4.27. The molecule has 0 fully saturated rings. The molecule has 0 aliphatic heterocycles. The predicted molar refractivity (Wildman–Crippen MR) is 106 cm³/mol. The lowest BCUT2D eigenvalue weighted by Gasteiger charge is -2.03. The van der Waals surface area contributed by atoms with Crippen LogP contribution in [0.5, 0.6) is 0 Å². The Morgan fingerprint density at radius 3 is 2.52 bits per heavy atom. The number of fused-ring (bicyclic) bond motifs is 1. The Hall–Kier alpha value is -2.98. The van der Waals surface area contributed by atoms with Gasteiger partial charge in [0.2, 0.25) is 0 Å². The lowest BCUT2D eigenvalue weighted by Crippen LogP contribution is -1.83. The first-order valence-electron chi connectivity index (χ1n) is 8.02. The molecule has 3 nitrogen and oxygen atoms in total. The number of hydrogen-bond acceptors (Lipinski definition) is 3. The summed E-state index contributed by atoms with van der Waals surface area (Å²) in [5.41, 5.74) is 9.76. The molecule has 0 radical (unpaired) electrons. The Balaban J connectivity index is 1.59. The Labute approximate surface area is 150 Å². The predicted octanol–water partition coefficient (Wildman–Crippen LogP) is 5.47. The number of anilines is 1. The molecule has 1 heterocycles. The minimum absolute atomic E-state index is 0.779. The summed E-state index contributed by atoms with van der Waals surface area (Å²) in [6, 6.07) is 24.5. The van der Waals surface area contributed by atoms with Crippen LogP contribution in [0.25, 0.3) is 23.1 Å². The molecular weight excluding hydrogens is 326 g/mol. The van der Waals surface area contributed by atoms with E-state index in [4.69, 9.17) is 5.73 Å². The SMILES string of the molecule is Nc1cccc(Sc2ccc3c(/C=C/c4ccccc4)n[nH]c3c2)c1. The maximum Gasteiger partial charge on any atom is 0.0927 e. The Bertz CT molecular complexity index is 1040. The fraction of sp³-hybridized carbons (Fsp3) is 0. The molecule has 0 atom stereocenters. The molecule has 3 N–H and O–H groups in total. The highest BCUT2D eigenvalue weighted by molar-refractivity contribution is 7.99. The second-order valence-electron chi connectivity index (χ2n) is 5.73. The number of nitrogens with zero attached hydrogens (tertiary/aromatic N) is 1. The lowest BCUT2D eigenvalue weighted by atomic mass is 10.1. The number of aromatic amines is 1. The Morgan fingerprint density at radius 2 is 1.68 bits per heavy atom. The molecule has 3 aromatic carbocycles. The van der Waals surface area contributed by atoms with Crippen LogP contribution in [0.15, 0.2) is 82.6 Å². The van der Waals surface area contributed by atoms with E-state index >= 15 is 0 Å².